The first kappa shape index (κ1) is 14.5. The Labute approximate surface area is 133 Å². The SMILES string of the molecule is N#C/C(=C\c1cnn(Cc2ccccc2)c1)C(=O)c1ccco1. The van der Waals surface area contributed by atoms with Crippen molar-refractivity contribution in [2.24, 2.45) is 0 Å². The normalized spacial score (nSPS) is 11.2. The van der Waals surface area contributed by atoms with Gasteiger partial charge < -0.3 is 4.42 Å². The number of carbonyl (C=O) groups excluding carboxylic acids is 1. The first-order valence-corrected chi connectivity index (χ1v) is 7.02. The van der Waals surface area contributed by atoms with E-state index in [0.717, 1.165) is 5.56 Å². The fraction of sp³-hybridized carbons (Fsp3) is 0.0556. The van der Waals surface area contributed by atoms with Crippen LogP contribution in [0.2, 0.25) is 0 Å². The Kier molecular flexibility index (Phi) is 4.16. The van der Waals surface area contributed by atoms with E-state index in [1.807, 2.05) is 36.4 Å². The van der Waals surface area contributed by atoms with Crippen LogP contribution < -0.4 is 0 Å². The largest absolute Gasteiger partial charge is 0.461 e. The van der Waals surface area contributed by atoms with E-state index < -0.39 is 5.78 Å². The van der Waals surface area contributed by atoms with Crippen molar-refractivity contribution in [2.45, 2.75) is 6.54 Å². The summed E-state index contributed by atoms with van der Waals surface area (Å²) < 4.78 is 6.80. The molecule has 0 saturated carbocycles. The van der Waals surface area contributed by atoms with Crippen LogP contribution >= 0.6 is 0 Å². The molecule has 0 atom stereocenters. The maximum atomic E-state index is 12.1. The number of nitrogens with zero attached hydrogens (tertiary/aromatic N) is 3. The van der Waals surface area contributed by atoms with Crippen molar-refractivity contribution < 1.29 is 9.21 Å². The summed E-state index contributed by atoms with van der Waals surface area (Å²) in [7, 11) is 0. The van der Waals surface area contributed by atoms with Gasteiger partial charge in [-0.3, -0.25) is 9.48 Å². The average Bonchev–Trinajstić information content (AvgIpc) is 3.25. The third kappa shape index (κ3) is 3.44. The van der Waals surface area contributed by atoms with Crippen LogP contribution in [0.5, 0.6) is 0 Å². The number of rotatable bonds is 5. The van der Waals surface area contributed by atoms with E-state index >= 15 is 0 Å². The summed E-state index contributed by atoms with van der Waals surface area (Å²) in [5.74, 6) is -0.289. The van der Waals surface area contributed by atoms with E-state index in [1.54, 1.807) is 23.1 Å². The van der Waals surface area contributed by atoms with E-state index in [2.05, 4.69) is 5.10 Å². The molecule has 23 heavy (non-hydrogen) atoms. The van der Waals surface area contributed by atoms with Gasteiger partial charge in [0.2, 0.25) is 5.78 Å². The highest BCUT2D eigenvalue weighted by Crippen LogP contribution is 2.13. The van der Waals surface area contributed by atoms with Crippen LogP contribution in [0.15, 0.2) is 71.1 Å². The molecule has 0 aliphatic carbocycles. The summed E-state index contributed by atoms with van der Waals surface area (Å²) >= 11 is 0. The second kappa shape index (κ2) is 6.58. The van der Waals surface area contributed by atoms with E-state index in [9.17, 15) is 10.1 Å². The molecule has 0 radical (unpaired) electrons. The van der Waals surface area contributed by atoms with Crippen LogP contribution in [0.1, 0.15) is 21.7 Å². The molecular weight excluding hydrogens is 290 g/mol. The maximum absolute atomic E-state index is 12.1. The van der Waals surface area contributed by atoms with Crippen LogP contribution in [0.3, 0.4) is 0 Å². The number of Topliss-reactive ketones (excluding diaryl/α,β-unsaturated/α-hetero) is 1. The quantitative estimate of drug-likeness (QED) is 0.412. The van der Waals surface area contributed by atoms with Gasteiger partial charge in [-0.1, -0.05) is 30.3 Å². The minimum absolute atomic E-state index is 0.0132. The molecule has 0 bridgehead atoms. The van der Waals surface area contributed by atoms with Gasteiger partial charge in [0.1, 0.15) is 11.6 Å². The first-order valence-electron chi connectivity index (χ1n) is 7.02. The van der Waals surface area contributed by atoms with Crippen molar-refractivity contribution in [3.8, 4) is 6.07 Å². The standard InChI is InChI=1S/C18H13N3O2/c19-10-16(18(22)17-7-4-8-23-17)9-15-11-20-21(13-15)12-14-5-2-1-3-6-14/h1-9,11,13H,12H2/b16-9+. The molecule has 2 aromatic heterocycles. The van der Waals surface area contributed by atoms with Crippen molar-refractivity contribution in [1.82, 2.24) is 9.78 Å². The lowest BCUT2D eigenvalue weighted by atomic mass is 10.1. The van der Waals surface area contributed by atoms with E-state index in [4.69, 9.17) is 4.42 Å². The fourth-order valence-electron chi connectivity index (χ4n) is 2.17. The van der Waals surface area contributed by atoms with Gasteiger partial charge in [-0.15, -0.1) is 0 Å². The minimum atomic E-state index is -0.437. The lowest BCUT2D eigenvalue weighted by molar-refractivity contribution is 0.101. The Bertz CT molecular complexity index is 869. The molecule has 2 heterocycles. The number of allylic oxidation sites excluding steroid dienone is 1. The van der Waals surface area contributed by atoms with Crippen molar-refractivity contribution in [1.29, 1.82) is 5.26 Å². The van der Waals surface area contributed by atoms with Gasteiger partial charge in [-0.05, 0) is 23.8 Å². The van der Waals surface area contributed by atoms with E-state index in [0.29, 0.717) is 12.1 Å². The third-order valence-electron chi connectivity index (χ3n) is 3.26. The van der Waals surface area contributed by atoms with Gasteiger partial charge in [0.05, 0.1) is 19.0 Å². The second-order valence-corrected chi connectivity index (χ2v) is 4.93. The number of hydrogen-bond donors (Lipinski definition) is 0. The van der Waals surface area contributed by atoms with Crippen molar-refractivity contribution in [3.63, 3.8) is 0 Å². The predicted molar refractivity (Wildman–Crippen MR) is 84.4 cm³/mol. The lowest BCUT2D eigenvalue weighted by Crippen LogP contribution is -2.00. The lowest BCUT2D eigenvalue weighted by Gasteiger charge is -2.00. The summed E-state index contributed by atoms with van der Waals surface area (Å²) in [6.45, 7) is 0.628. The summed E-state index contributed by atoms with van der Waals surface area (Å²) in [6.07, 6.45) is 6.33. The molecule has 0 amide bonds. The summed E-state index contributed by atoms with van der Waals surface area (Å²) in [4.78, 5) is 12.1. The average molecular weight is 303 g/mol. The molecule has 3 rings (SSSR count). The molecule has 3 aromatic rings. The second-order valence-electron chi connectivity index (χ2n) is 4.93. The van der Waals surface area contributed by atoms with Gasteiger partial charge in [0.15, 0.2) is 5.76 Å². The van der Waals surface area contributed by atoms with Gasteiger partial charge in [-0.2, -0.15) is 10.4 Å². The highest BCUT2D eigenvalue weighted by molar-refractivity contribution is 6.12. The Morgan fingerprint density at radius 3 is 2.78 bits per heavy atom. The van der Waals surface area contributed by atoms with E-state index in [-0.39, 0.29) is 11.3 Å². The van der Waals surface area contributed by atoms with Gasteiger partial charge in [0, 0.05) is 11.8 Å². The molecule has 0 N–H and O–H groups in total. The van der Waals surface area contributed by atoms with Crippen LogP contribution in [-0.2, 0) is 6.54 Å². The molecule has 0 aliphatic heterocycles. The topological polar surface area (TPSA) is 71.8 Å². The molecule has 0 unspecified atom stereocenters. The molecule has 1 aromatic carbocycles. The number of furan rings is 1. The zero-order valence-electron chi connectivity index (χ0n) is 12.2. The molecule has 112 valence electrons. The Morgan fingerprint density at radius 1 is 1.26 bits per heavy atom. The number of ketones is 1. The highest BCUT2D eigenvalue weighted by Gasteiger charge is 2.15. The molecule has 0 spiro atoms. The van der Waals surface area contributed by atoms with Crippen molar-refractivity contribution >= 4 is 11.9 Å². The van der Waals surface area contributed by atoms with Gasteiger partial charge >= 0.3 is 0 Å². The Morgan fingerprint density at radius 2 is 2.09 bits per heavy atom. The Balaban J connectivity index is 1.79. The first-order chi connectivity index (χ1) is 11.3. The number of hydrogen-bond acceptors (Lipinski definition) is 4. The molecule has 5 nitrogen and oxygen atoms in total. The number of carbonyl (C=O) groups is 1. The monoisotopic (exact) mass is 303 g/mol. The molecule has 0 aliphatic rings. The summed E-state index contributed by atoms with van der Waals surface area (Å²) in [5, 5.41) is 13.4. The predicted octanol–water partition coefficient (Wildman–Crippen LogP) is 3.31. The fourth-order valence-corrected chi connectivity index (χ4v) is 2.17. The van der Waals surface area contributed by atoms with Crippen molar-refractivity contribution in [2.75, 3.05) is 0 Å². The summed E-state index contributed by atoms with van der Waals surface area (Å²) in [6, 6.07) is 15.0. The van der Waals surface area contributed by atoms with Gasteiger partial charge in [-0.25, -0.2) is 0 Å². The zero-order valence-corrected chi connectivity index (χ0v) is 12.2. The van der Waals surface area contributed by atoms with Crippen LogP contribution in [-0.4, -0.2) is 15.6 Å². The van der Waals surface area contributed by atoms with Crippen LogP contribution in [0, 0.1) is 11.3 Å². The van der Waals surface area contributed by atoms with Crippen molar-refractivity contribution in [3.05, 3.63) is 83.6 Å². The zero-order chi connectivity index (χ0) is 16.1. The molecular formula is C18H13N3O2. The molecule has 0 saturated heterocycles. The van der Waals surface area contributed by atoms with E-state index in [1.165, 1.54) is 18.4 Å². The summed E-state index contributed by atoms with van der Waals surface area (Å²) in [5.41, 5.74) is 1.83. The maximum Gasteiger partial charge on any atom is 0.238 e. The molecule has 0 fully saturated rings. The van der Waals surface area contributed by atoms with Crippen LogP contribution in [0.25, 0.3) is 6.08 Å². The molecule has 5 heteroatoms. The highest BCUT2D eigenvalue weighted by atomic mass is 16.3. The third-order valence-corrected chi connectivity index (χ3v) is 3.26. The number of benzene rings is 1. The minimum Gasteiger partial charge on any atom is -0.461 e. The van der Waals surface area contributed by atoms with Gasteiger partial charge in [0.25, 0.3) is 0 Å². The van der Waals surface area contributed by atoms with Crippen LogP contribution in [0.4, 0.5) is 0 Å². The number of aromatic nitrogens is 2. The number of nitriles is 1. The Hall–Kier alpha value is -3.39. The smallest absolute Gasteiger partial charge is 0.238 e.